The first kappa shape index (κ1) is 62.0. The lowest BCUT2D eigenvalue weighted by Crippen LogP contribution is -1.91. The van der Waals surface area contributed by atoms with Crippen molar-refractivity contribution in [2.75, 3.05) is 0 Å². The number of nitrogens with zero attached hydrogens (tertiary/aromatic N) is 2. The molecule has 0 atom stereocenters. The van der Waals surface area contributed by atoms with E-state index in [1.807, 2.05) is 0 Å². The second kappa shape index (κ2) is 28.8. The number of aryl methyl sites for hydroxylation is 2. The molecule has 0 fully saturated rings. The van der Waals surface area contributed by atoms with Crippen LogP contribution in [0.1, 0.15) is 76.6 Å². The van der Waals surface area contributed by atoms with Crippen molar-refractivity contribution in [3.63, 3.8) is 0 Å². The third kappa shape index (κ3) is 12.2. The van der Waals surface area contributed by atoms with Gasteiger partial charge < -0.3 is 9.13 Å². The lowest BCUT2D eigenvalue weighted by Gasteiger charge is -2.01. The molecule has 20 rings (SSSR count). The summed E-state index contributed by atoms with van der Waals surface area (Å²) in [7, 11) is 0. The minimum absolute atomic E-state index is 1.02. The molecular formula is C92H82N2. The molecule has 4 aliphatic rings. The van der Waals surface area contributed by atoms with Gasteiger partial charge in [-0.1, -0.05) is 332 Å². The van der Waals surface area contributed by atoms with E-state index in [2.05, 4.69) is 366 Å². The highest BCUT2D eigenvalue weighted by atomic mass is 15.0. The van der Waals surface area contributed by atoms with Gasteiger partial charge in [0.1, 0.15) is 0 Å². The first-order valence-corrected chi connectivity index (χ1v) is 33.9. The van der Waals surface area contributed by atoms with Gasteiger partial charge in [0.05, 0.1) is 0 Å². The van der Waals surface area contributed by atoms with E-state index in [0.717, 1.165) is 25.9 Å². The Balaban J connectivity index is 0.000000101. The minimum Gasteiger partial charge on any atom is -0.341 e. The second-order valence-corrected chi connectivity index (χ2v) is 24.5. The van der Waals surface area contributed by atoms with E-state index in [4.69, 9.17) is 0 Å². The Morgan fingerprint density at radius 2 is 0.394 bits per heavy atom. The molecule has 0 amide bonds. The Bertz CT molecular complexity index is 4660. The number of hydrogen-bond donors (Lipinski definition) is 0. The van der Waals surface area contributed by atoms with E-state index in [1.54, 1.807) is 0 Å². The number of hydrogen-bond acceptors (Lipinski definition) is 0. The summed E-state index contributed by atoms with van der Waals surface area (Å²) in [6.45, 7) is 14.9. The van der Waals surface area contributed by atoms with E-state index < -0.39 is 0 Å². The Morgan fingerprint density at radius 3 is 0.628 bits per heavy atom. The molecule has 94 heavy (non-hydrogen) atoms. The lowest BCUT2D eigenvalue weighted by atomic mass is 10.0. The molecule has 2 heteroatoms. The zero-order chi connectivity index (χ0) is 64.3. The molecule has 0 spiro atoms. The molecule has 0 bridgehead atoms. The maximum Gasteiger partial charge on any atom is 0.0491 e. The SMILES string of the molecule is CCC.CCC.CCn1c2ccccc2c2ccccc21.CCn1c2ccccc2c2ccccc21.c1ccc2c(c1)-c1cccc3cccc-2c13.c1ccc2c(c1)-c1cccc3cccc-2c13.c1ccc2c(c1)Cc1ccccc1-2.c1ccc2c(c1)Cc1ccccc1-2. The molecule has 0 unspecified atom stereocenters. The largest absolute Gasteiger partial charge is 0.341 e. The highest BCUT2D eigenvalue weighted by Gasteiger charge is 2.22. The third-order valence-corrected chi connectivity index (χ3v) is 18.2. The van der Waals surface area contributed by atoms with Gasteiger partial charge in [0.25, 0.3) is 0 Å². The number of aromatic nitrogens is 2. The van der Waals surface area contributed by atoms with Crippen LogP contribution >= 0.6 is 0 Å². The van der Waals surface area contributed by atoms with Gasteiger partial charge in [-0.2, -0.15) is 0 Å². The molecule has 0 radical (unpaired) electrons. The summed E-state index contributed by atoms with van der Waals surface area (Å²) in [5.41, 5.74) is 27.8. The topological polar surface area (TPSA) is 9.86 Å². The summed E-state index contributed by atoms with van der Waals surface area (Å²) in [6, 6.07) is 113. The van der Waals surface area contributed by atoms with Crippen molar-refractivity contribution in [1.29, 1.82) is 0 Å². The molecule has 14 aromatic carbocycles. The van der Waals surface area contributed by atoms with Gasteiger partial charge in [0, 0.05) is 56.7 Å². The van der Waals surface area contributed by atoms with Crippen LogP contribution in [0.5, 0.6) is 0 Å². The molecule has 0 N–H and O–H groups in total. The van der Waals surface area contributed by atoms with Crippen LogP contribution in [0.25, 0.3) is 132 Å². The van der Waals surface area contributed by atoms with E-state index in [0.29, 0.717) is 0 Å². The molecule has 4 aliphatic carbocycles. The second-order valence-electron chi connectivity index (χ2n) is 24.5. The summed E-state index contributed by atoms with van der Waals surface area (Å²) < 4.78 is 4.73. The first-order chi connectivity index (χ1) is 46.5. The average molecular weight is 1220 g/mol. The zero-order valence-electron chi connectivity index (χ0n) is 55.2. The fourth-order valence-electron chi connectivity index (χ4n) is 14.3. The molecule has 2 aromatic heterocycles. The van der Waals surface area contributed by atoms with E-state index >= 15 is 0 Å². The van der Waals surface area contributed by atoms with Crippen LogP contribution in [-0.2, 0) is 25.9 Å². The van der Waals surface area contributed by atoms with Crippen molar-refractivity contribution in [2.45, 2.75) is 80.3 Å². The summed E-state index contributed by atoms with van der Waals surface area (Å²) >= 11 is 0. The summed E-state index contributed by atoms with van der Waals surface area (Å²) in [5, 5.41) is 10.9. The van der Waals surface area contributed by atoms with Gasteiger partial charge in [-0.15, -0.1) is 0 Å². The minimum atomic E-state index is 1.02. The highest BCUT2D eigenvalue weighted by Crippen LogP contribution is 2.48. The quantitative estimate of drug-likeness (QED) is 0.163. The smallest absolute Gasteiger partial charge is 0.0491 e. The van der Waals surface area contributed by atoms with Crippen molar-refractivity contribution in [3.05, 3.63) is 338 Å². The van der Waals surface area contributed by atoms with E-state index in [-0.39, 0.29) is 0 Å². The van der Waals surface area contributed by atoms with Crippen LogP contribution in [0.3, 0.4) is 0 Å². The van der Waals surface area contributed by atoms with Crippen LogP contribution in [0.2, 0.25) is 0 Å². The van der Waals surface area contributed by atoms with Crippen molar-refractivity contribution < 1.29 is 0 Å². The number of para-hydroxylation sites is 4. The summed E-state index contributed by atoms with van der Waals surface area (Å²) in [5.74, 6) is 0. The molecule has 0 aliphatic heterocycles. The number of benzene rings is 14. The van der Waals surface area contributed by atoms with Crippen molar-refractivity contribution in [1.82, 2.24) is 9.13 Å². The van der Waals surface area contributed by atoms with Crippen molar-refractivity contribution >= 4 is 65.2 Å². The average Bonchev–Trinajstić information content (AvgIpc) is 1.63. The normalized spacial score (nSPS) is 11.4. The van der Waals surface area contributed by atoms with Gasteiger partial charge in [-0.05, 0) is 162 Å². The third-order valence-electron chi connectivity index (χ3n) is 18.2. The Hall–Kier alpha value is -10.8. The van der Waals surface area contributed by atoms with Crippen LogP contribution in [0.4, 0.5) is 0 Å². The summed E-state index contributed by atoms with van der Waals surface area (Å²) in [4.78, 5) is 0. The predicted octanol–water partition coefficient (Wildman–Crippen LogP) is 26.0. The van der Waals surface area contributed by atoms with Gasteiger partial charge in [-0.3, -0.25) is 0 Å². The van der Waals surface area contributed by atoms with Gasteiger partial charge >= 0.3 is 0 Å². The molecule has 2 heterocycles. The number of fused-ring (bicyclic) bond motifs is 18. The van der Waals surface area contributed by atoms with E-state index in [9.17, 15) is 0 Å². The maximum atomic E-state index is 2.37. The molecule has 0 saturated heterocycles. The van der Waals surface area contributed by atoms with Gasteiger partial charge in [0.15, 0.2) is 0 Å². The molecule has 16 aromatic rings. The van der Waals surface area contributed by atoms with Gasteiger partial charge in [0.2, 0.25) is 0 Å². The predicted molar refractivity (Wildman–Crippen MR) is 408 cm³/mol. The van der Waals surface area contributed by atoms with Crippen molar-refractivity contribution in [2.24, 2.45) is 0 Å². The molecular weight excluding hydrogens is 1130 g/mol. The van der Waals surface area contributed by atoms with E-state index in [1.165, 1.54) is 167 Å². The molecule has 460 valence electrons. The lowest BCUT2D eigenvalue weighted by molar-refractivity contribution is 0.827. The first-order valence-electron chi connectivity index (χ1n) is 33.9. The van der Waals surface area contributed by atoms with Gasteiger partial charge in [-0.25, -0.2) is 0 Å². The standard InChI is InChI=1S/2C16H10.2C14H13N.2C13H10.2C3H8/c2*1-2-8-13-12(7-1)14-9-3-5-11-6-4-10-15(13)16(11)14;2*1-2-15-13-9-5-3-7-11(13)12-8-4-6-10-14(12)15;2*1-3-7-12-10(5-1)9-11-6-2-4-8-13(11)12;2*1-3-2/h2*1-10H;2*3-10H,2H2,1H3;2*1-8H,9H2;2*3H2,1-2H3. The van der Waals surface area contributed by atoms with Crippen molar-refractivity contribution in [3.8, 4) is 66.8 Å². The van der Waals surface area contributed by atoms with Crippen LogP contribution in [-0.4, -0.2) is 9.13 Å². The maximum absolute atomic E-state index is 2.37. The molecule has 2 nitrogen and oxygen atoms in total. The van der Waals surface area contributed by atoms with Crippen LogP contribution in [0, 0.1) is 0 Å². The Kier molecular flexibility index (Phi) is 19.0. The Labute approximate surface area is 555 Å². The summed E-state index contributed by atoms with van der Waals surface area (Å²) in [6.07, 6.45) is 4.71. The highest BCUT2D eigenvalue weighted by molar-refractivity contribution is 6.16. The van der Waals surface area contributed by atoms with Crippen LogP contribution < -0.4 is 0 Å². The molecule has 0 saturated carbocycles. The fourth-order valence-corrected chi connectivity index (χ4v) is 14.3. The fraction of sp³-hybridized carbons (Fsp3) is 0.130. The monoisotopic (exact) mass is 1210 g/mol. The number of rotatable bonds is 2. The Morgan fingerprint density at radius 1 is 0.202 bits per heavy atom. The van der Waals surface area contributed by atoms with Crippen LogP contribution in [0.15, 0.2) is 315 Å². The zero-order valence-corrected chi connectivity index (χ0v) is 55.2.